The number of amides is 2. The van der Waals surface area contributed by atoms with E-state index in [1.54, 1.807) is 4.90 Å². The summed E-state index contributed by atoms with van der Waals surface area (Å²) in [4.78, 5) is 26.1. The van der Waals surface area contributed by atoms with Crippen molar-refractivity contribution in [2.24, 2.45) is 0 Å². The molecule has 0 radical (unpaired) electrons. The van der Waals surface area contributed by atoms with E-state index >= 15 is 0 Å². The second-order valence-electron chi connectivity index (χ2n) is 4.99. The van der Waals surface area contributed by atoms with Gasteiger partial charge in [0.1, 0.15) is 5.54 Å². The van der Waals surface area contributed by atoms with E-state index in [9.17, 15) is 9.59 Å². The van der Waals surface area contributed by atoms with Crippen molar-refractivity contribution in [3.63, 3.8) is 0 Å². The summed E-state index contributed by atoms with van der Waals surface area (Å²) in [6.07, 6.45) is 2.60. The van der Waals surface area contributed by atoms with Gasteiger partial charge in [0.25, 0.3) is 0 Å². The molecule has 0 unspecified atom stereocenters. The highest BCUT2D eigenvalue weighted by Crippen LogP contribution is 2.21. The van der Waals surface area contributed by atoms with Gasteiger partial charge in [0.15, 0.2) is 0 Å². The van der Waals surface area contributed by atoms with Crippen LogP contribution in [-0.4, -0.2) is 48.6 Å². The van der Waals surface area contributed by atoms with Gasteiger partial charge >= 0.3 is 0 Å². The normalized spacial score (nSPS) is 19.2. The first-order valence-electron chi connectivity index (χ1n) is 7.27. The molecule has 0 aliphatic carbocycles. The predicted octanol–water partition coefficient (Wildman–Crippen LogP) is 1.32. The molecule has 1 N–H and O–H groups in total. The van der Waals surface area contributed by atoms with Crippen molar-refractivity contribution in [2.75, 3.05) is 26.3 Å². The van der Waals surface area contributed by atoms with Crippen LogP contribution in [0.15, 0.2) is 0 Å². The third-order valence-electron chi connectivity index (χ3n) is 3.75. The van der Waals surface area contributed by atoms with Crippen molar-refractivity contribution in [3.05, 3.63) is 0 Å². The first kappa shape index (κ1) is 16.0. The molecule has 0 aromatic carbocycles. The molecule has 1 heterocycles. The van der Waals surface area contributed by atoms with E-state index in [0.29, 0.717) is 45.6 Å². The SMILES string of the molecule is CCCOCCN1CCC(=O)NC(CC)(CC)C1=O. The van der Waals surface area contributed by atoms with Gasteiger partial charge in [-0.15, -0.1) is 0 Å². The molecule has 0 bridgehead atoms. The topological polar surface area (TPSA) is 58.6 Å². The fourth-order valence-electron chi connectivity index (χ4n) is 2.39. The van der Waals surface area contributed by atoms with Crippen molar-refractivity contribution < 1.29 is 14.3 Å². The first-order valence-corrected chi connectivity index (χ1v) is 7.27. The summed E-state index contributed by atoms with van der Waals surface area (Å²) in [6.45, 7) is 8.25. The molecule has 0 spiro atoms. The van der Waals surface area contributed by atoms with Gasteiger partial charge in [-0.1, -0.05) is 20.8 Å². The van der Waals surface area contributed by atoms with E-state index in [2.05, 4.69) is 12.2 Å². The zero-order valence-corrected chi connectivity index (χ0v) is 12.3. The van der Waals surface area contributed by atoms with Gasteiger partial charge in [-0.2, -0.15) is 0 Å². The predicted molar refractivity (Wildman–Crippen MR) is 73.8 cm³/mol. The number of ether oxygens (including phenoxy) is 1. The van der Waals surface area contributed by atoms with E-state index < -0.39 is 5.54 Å². The van der Waals surface area contributed by atoms with Gasteiger partial charge in [-0.3, -0.25) is 9.59 Å². The minimum atomic E-state index is -0.724. The van der Waals surface area contributed by atoms with E-state index in [4.69, 9.17) is 4.74 Å². The third-order valence-corrected chi connectivity index (χ3v) is 3.75. The van der Waals surface area contributed by atoms with Gasteiger partial charge < -0.3 is 15.0 Å². The molecule has 0 aromatic heterocycles. The van der Waals surface area contributed by atoms with Crippen molar-refractivity contribution in [3.8, 4) is 0 Å². The molecule has 5 nitrogen and oxygen atoms in total. The van der Waals surface area contributed by atoms with Crippen molar-refractivity contribution >= 4 is 11.8 Å². The summed E-state index contributed by atoms with van der Waals surface area (Å²) < 4.78 is 5.44. The Morgan fingerprint density at radius 2 is 1.89 bits per heavy atom. The van der Waals surface area contributed by atoms with Crippen LogP contribution >= 0.6 is 0 Å². The van der Waals surface area contributed by atoms with Crippen LogP contribution in [0.2, 0.25) is 0 Å². The third kappa shape index (κ3) is 3.93. The van der Waals surface area contributed by atoms with Gasteiger partial charge in [0, 0.05) is 26.1 Å². The lowest BCUT2D eigenvalue weighted by Crippen LogP contribution is -2.56. The van der Waals surface area contributed by atoms with Crippen molar-refractivity contribution in [1.82, 2.24) is 10.2 Å². The second-order valence-corrected chi connectivity index (χ2v) is 4.99. The molecule has 0 aromatic rings. The van der Waals surface area contributed by atoms with E-state index in [1.807, 2.05) is 13.8 Å². The highest BCUT2D eigenvalue weighted by molar-refractivity contribution is 5.93. The molecule has 110 valence electrons. The molecule has 2 amide bonds. The van der Waals surface area contributed by atoms with Crippen LogP contribution in [0.5, 0.6) is 0 Å². The molecule has 5 heteroatoms. The lowest BCUT2D eigenvalue weighted by molar-refractivity contribution is -0.139. The lowest BCUT2D eigenvalue weighted by Gasteiger charge is -2.33. The van der Waals surface area contributed by atoms with Crippen LogP contribution in [-0.2, 0) is 14.3 Å². The van der Waals surface area contributed by atoms with Crippen molar-refractivity contribution in [2.45, 2.75) is 52.0 Å². The monoisotopic (exact) mass is 270 g/mol. The molecular formula is C14H26N2O3. The highest BCUT2D eigenvalue weighted by Gasteiger charge is 2.41. The van der Waals surface area contributed by atoms with Crippen LogP contribution < -0.4 is 5.32 Å². The van der Waals surface area contributed by atoms with Crippen LogP contribution in [0.25, 0.3) is 0 Å². The zero-order chi connectivity index (χ0) is 14.3. The summed E-state index contributed by atoms with van der Waals surface area (Å²) in [5.41, 5.74) is -0.724. The molecule has 1 rings (SSSR count). The molecule has 1 fully saturated rings. The average Bonchev–Trinajstić information content (AvgIpc) is 2.54. The largest absolute Gasteiger partial charge is 0.380 e. The zero-order valence-electron chi connectivity index (χ0n) is 12.3. The Hall–Kier alpha value is -1.10. The smallest absolute Gasteiger partial charge is 0.248 e. The minimum Gasteiger partial charge on any atom is -0.380 e. The van der Waals surface area contributed by atoms with Crippen LogP contribution in [0.3, 0.4) is 0 Å². The number of nitrogens with zero attached hydrogens (tertiary/aromatic N) is 1. The standard InChI is InChI=1S/C14H26N2O3/c1-4-10-19-11-9-16-8-7-12(17)15-14(5-2,6-3)13(16)18/h4-11H2,1-3H3,(H,15,17). The van der Waals surface area contributed by atoms with Crippen LogP contribution in [0.1, 0.15) is 46.5 Å². The maximum absolute atomic E-state index is 12.6. The van der Waals surface area contributed by atoms with Gasteiger partial charge in [-0.05, 0) is 19.3 Å². The molecular weight excluding hydrogens is 244 g/mol. The van der Waals surface area contributed by atoms with Crippen LogP contribution in [0, 0.1) is 0 Å². The number of carbonyl (C=O) groups is 2. The lowest BCUT2D eigenvalue weighted by atomic mass is 9.91. The Morgan fingerprint density at radius 1 is 1.21 bits per heavy atom. The number of hydrogen-bond acceptors (Lipinski definition) is 3. The maximum atomic E-state index is 12.6. The summed E-state index contributed by atoms with van der Waals surface area (Å²) in [5.74, 6) is -0.00234. The van der Waals surface area contributed by atoms with Crippen LogP contribution in [0.4, 0.5) is 0 Å². The van der Waals surface area contributed by atoms with E-state index in [0.717, 1.165) is 6.42 Å². The summed E-state index contributed by atoms with van der Waals surface area (Å²) in [7, 11) is 0. The van der Waals surface area contributed by atoms with Crippen molar-refractivity contribution in [1.29, 1.82) is 0 Å². The van der Waals surface area contributed by atoms with E-state index in [1.165, 1.54) is 0 Å². The first-order chi connectivity index (χ1) is 9.09. The number of nitrogens with one attached hydrogen (secondary N) is 1. The highest BCUT2D eigenvalue weighted by atomic mass is 16.5. The summed E-state index contributed by atoms with van der Waals surface area (Å²) in [5, 5.41) is 2.90. The number of hydrogen-bond donors (Lipinski definition) is 1. The fraction of sp³-hybridized carbons (Fsp3) is 0.857. The maximum Gasteiger partial charge on any atom is 0.248 e. The Labute approximate surface area is 115 Å². The number of rotatable bonds is 7. The Bertz CT molecular complexity index is 314. The molecule has 0 atom stereocenters. The molecule has 1 aliphatic rings. The number of carbonyl (C=O) groups excluding carboxylic acids is 2. The second kappa shape index (κ2) is 7.48. The fourth-order valence-corrected chi connectivity index (χ4v) is 2.39. The van der Waals surface area contributed by atoms with Gasteiger partial charge in [0.2, 0.25) is 11.8 Å². The molecule has 1 aliphatic heterocycles. The molecule has 1 saturated heterocycles. The average molecular weight is 270 g/mol. The summed E-state index contributed by atoms with van der Waals surface area (Å²) >= 11 is 0. The molecule has 0 saturated carbocycles. The van der Waals surface area contributed by atoms with Gasteiger partial charge in [0.05, 0.1) is 6.61 Å². The Balaban J connectivity index is 2.70. The minimum absolute atomic E-state index is 0.0310. The Kier molecular flexibility index (Phi) is 6.28. The van der Waals surface area contributed by atoms with Gasteiger partial charge in [-0.25, -0.2) is 0 Å². The summed E-state index contributed by atoms with van der Waals surface area (Å²) in [6, 6.07) is 0. The molecule has 19 heavy (non-hydrogen) atoms. The quantitative estimate of drug-likeness (QED) is 0.710. The van der Waals surface area contributed by atoms with E-state index in [-0.39, 0.29) is 11.8 Å². The Morgan fingerprint density at radius 3 is 2.47 bits per heavy atom.